The minimum atomic E-state index is -1.52. The predicted molar refractivity (Wildman–Crippen MR) is 229 cm³/mol. The summed E-state index contributed by atoms with van der Waals surface area (Å²) >= 11 is 0. The van der Waals surface area contributed by atoms with Gasteiger partial charge in [0, 0.05) is 40.5 Å². The molecule has 17 nitrogen and oxygen atoms in total. The molecule has 0 saturated carbocycles. The van der Waals surface area contributed by atoms with Crippen LogP contribution in [0.25, 0.3) is 0 Å². The Morgan fingerprint density at radius 3 is 1.69 bits per heavy atom. The van der Waals surface area contributed by atoms with E-state index in [1.54, 1.807) is 45.3 Å². The van der Waals surface area contributed by atoms with E-state index >= 15 is 0 Å². The molecule has 2 aliphatic heterocycles. The summed E-state index contributed by atoms with van der Waals surface area (Å²) < 4.78 is 0. The third-order valence-electron chi connectivity index (χ3n) is 11.3. The molecule has 3 rings (SSSR count). The van der Waals surface area contributed by atoms with Crippen molar-refractivity contribution >= 4 is 47.3 Å². The van der Waals surface area contributed by atoms with Gasteiger partial charge in [0.05, 0.1) is 6.61 Å². The Morgan fingerprint density at radius 1 is 0.689 bits per heavy atom. The molecule has 1 aromatic carbocycles. The fourth-order valence-electron chi connectivity index (χ4n) is 7.95. The number of likely N-dealkylation sites (N-methyl/N-ethyl adjacent to an activating group) is 1. The normalized spacial score (nSPS) is 19.3. The van der Waals surface area contributed by atoms with Crippen molar-refractivity contribution in [3.8, 4) is 0 Å². The van der Waals surface area contributed by atoms with Gasteiger partial charge in [-0.2, -0.15) is 0 Å². The number of rotatable bonds is 21. The summed E-state index contributed by atoms with van der Waals surface area (Å²) in [5.41, 5.74) is 0.714. The van der Waals surface area contributed by atoms with E-state index < -0.39 is 84.4 Å². The highest BCUT2D eigenvalue weighted by atomic mass is 16.3. The summed E-state index contributed by atoms with van der Waals surface area (Å²) in [6.07, 6.45) is 3.06. The van der Waals surface area contributed by atoms with Gasteiger partial charge in [-0.15, -0.1) is 0 Å². The van der Waals surface area contributed by atoms with Gasteiger partial charge in [0.1, 0.15) is 42.3 Å². The maximum absolute atomic E-state index is 14.4. The average Bonchev–Trinajstić information content (AvgIpc) is 3.91. The molecular weight excluding hydrogens is 785 g/mol. The number of nitrogens with one attached hydrogen (secondary N) is 5. The van der Waals surface area contributed by atoms with Crippen molar-refractivity contribution in [1.29, 1.82) is 0 Å². The standard InChI is InChI=1S/C44H70N8O9/c1-10-28(6)37(49-40(57)36-19-15-21-52(36)43(60)32(23-27(4)5)45-29(7)54)41(58)48-34(25-53)38(55)46-33(24-30-16-12-11-13-17-30)44(61)51-20-14-18-35(51)39(56)47-31(22-26(2)3)42(59)50(8)9/h11-13,16-17,26-28,31-37,53H,10,14-15,18-25H2,1-9H3,(H,45,54)(H,46,55)(H,47,56)(H,48,58)(H,49,57)/t28-,31-,32-,33-,34-,35-,36-,37-/m0/s1. The van der Waals surface area contributed by atoms with Crippen LogP contribution in [-0.4, -0.2) is 143 Å². The topological polar surface area (TPSA) is 227 Å². The molecule has 2 saturated heterocycles. The molecule has 0 spiro atoms. The van der Waals surface area contributed by atoms with Crippen LogP contribution in [0, 0.1) is 17.8 Å². The summed E-state index contributed by atoms with van der Waals surface area (Å²) in [7, 11) is 3.22. The van der Waals surface area contributed by atoms with Crippen LogP contribution in [0.1, 0.15) is 99.0 Å². The summed E-state index contributed by atoms with van der Waals surface area (Å²) in [4.78, 5) is 113. The molecule has 0 unspecified atom stereocenters. The minimum Gasteiger partial charge on any atom is -0.394 e. The van der Waals surface area contributed by atoms with Crippen molar-refractivity contribution in [2.45, 2.75) is 142 Å². The molecule has 1 aromatic rings. The quantitative estimate of drug-likeness (QED) is 0.103. The zero-order valence-corrected chi connectivity index (χ0v) is 37.5. The number of hydrogen-bond donors (Lipinski definition) is 6. The lowest BCUT2D eigenvalue weighted by atomic mass is 9.97. The first kappa shape index (κ1) is 50.3. The maximum Gasteiger partial charge on any atom is 0.246 e. The highest BCUT2D eigenvalue weighted by Gasteiger charge is 2.42. The lowest BCUT2D eigenvalue weighted by Crippen LogP contribution is -2.61. The van der Waals surface area contributed by atoms with Crippen LogP contribution in [0.15, 0.2) is 30.3 Å². The van der Waals surface area contributed by atoms with E-state index in [0.29, 0.717) is 57.1 Å². The van der Waals surface area contributed by atoms with Gasteiger partial charge in [-0.05, 0) is 61.8 Å². The fraction of sp³-hybridized carbons (Fsp3) is 0.682. The van der Waals surface area contributed by atoms with Crippen LogP contribution < -0.4 is 26.6 Å². The number of hydrogen-bond acceptors (Lipinski definition) is 9. The van der Waals surface area contributed by atoms with Gasteiger partial charge < -0.3 is 46.4 Å². The van der Waals surface area contributed by atoms with Crippen molar-refractivity contribution < 1.29 is 43.5 Å². The van der Waals surface area contributed by atoms with Gasteiger partial charge in [-0.3, -0.25) is 38.4 Å². The van der Waals surface area contributed by atoms with Gasteiger partial charge in [0.25, 0.3) is 0 Å². The van der Waals surface area contributed by atoms with E-state index in [-0.39, 0.29) is 42.5 Å². The minimum absolute atomic E-state index is 0.0412. The van der Waals surface area contributed by atoms with Crippen molar-refractivity contribution in [1.82, 2.24) is 41.3 Å². The molecule has 8 amide bonds. The largest absolute Gasteiger partial charge is 0.394 e. The van der Waals surface area contributed by atoms with Crippen LogP contribution in [0.3, 0.4) is 0 Å². The Balaban J connectivity index is 1.81. The lowest BCUT2D eigenvalue weighted by molar-refractivity contribution is -0.143. The highest BCUT2D eigenvalue weighted by Crippen LogP contribution is 2.23. The second-order valence-electron chi connectivity index (χ2n) is 17.6. The molecule has 340 valence electrons. The fourth-order valence-corrected chi connectivity index (χ4v) is 7.95. The van der Waals surface area contributed by atoms with Crippen LogP contribution in [0.5, 0.6) is 0 Å². The molecule has 0 aromatic heterocycles. The Hall–Kier alpha value is -5.06. The zero-order valence-electron chi connectivity index (χ0n) is 37.5. The molecule has 6 N–H and O–H groups in total. The van der Waals surface area contributed by atoms with Crippen molar-refractivity contribution in [3.05, 3.63) is 35.9 Å². The number of carbonyl (C=O) groups is 8. The van der Waals surface area contributed by atoms with Gasteiger partial charge >= 0.3 is 0 Å². The Labute approximate surface area is 360 Å². The zero-order chi connectivity index (χ0) is 45.6. The molecule has 2 aliphatic rings. The molecule has 0 aliphatic carbocycles. The second kappa shape index (κ2) is 23.8. The second-order valence-corrected chi connectivity index (χ2v) is 17.6. The molecule has 17 heteroatoms. The van der Waals surface area contributed by atoms with Crippen molar-refractivity contribution in [3.63, 3.8) is 0 Å². The van der Waals surface area contributed by atoms with Crippen LogP contribution in [0.2, 0.25) is 0 Å². The Bertz CT molecular complexity index is 1690. The number of benzene rings is 1. The smallest absolute Gasteiger partial charge is 0.246 e. The number of aliphatic hydroxyl groups is 1. The van der Waals surface area contributed by atoms with E-state index in [2.05, 4.69) is 26.6 Å². The molecule has 2 fully saturated rings. The predicted octanol–water partition coefficient (Wildman–Crippen LogP) is 0.874. The summed E-state index contributed by atoms with van der Waals surface area (Å²) in [5.74, 6) is -4.38. The summed E-state index contributed by atoms with van der Waals surface area (Å²) in [6.45, 7) is 12.4. The molecular formula is C44H70N8O9. The number of likely N-dealkylation sites (tertiary alicyclic amines) is 2. The average molecular weight is 855 g/mol. The first-order valence-electron chi connectivity index (χ1n) is 21.7. The first-order valence-corrected chi connectivity index (χ1v) is 21.7. The highest BCUT2D eigenvalue weighted by molar-refractivity contribution is 5.98. The van der Waals surface area contributed by atoms with Gasteiger partial charge in [-0.25, -0.2) is 0 Å². The van der Waals surface area contributed by atoms with E-state index in [1.165, 1.54) is 21.6 Å². The van der Waals surface area contributed by atoms with Crippen LogP contribution in [-0.2, 0) is 44.8 Å². The first-order chi connectivity index (χ1) is 28.8. The SMILES string of the molecule is CC[C@H](C)[C@H](NC(=O)[C@@H]1CCCN1C(=O)[C@H](CC(C)C)NC(C)=O)C(=O)N[C@@H](CO)C(=O)N[C@@H](Cc1ccccc1)C(=O)N1CCC[C@H]1C(=O)N[C@@H](CC(C)C)C(=O)N(C)C. The van der Waals surface area contributed by atoms with E-state index in [1.807, 2.05) is 40.7 Å². The molecule has 0 radical (unpaired) electrons. The van der Waals surface area contributed by atoms with E-state index in [0.717, 1.165) is 0 Å². The molecule has 8 atom stereocenters. The van der Waals surface area contributed by atoms with Gasteiger partial charge in [0.2, 0.25) is 47.3 Å². The third-order valence-corrected chi connectivity index (χ3v) is 11.3. The van der Waals surface area contributed by atoms with Crippen molar-refractivity contribution in [2.75, 3.05) is 33.8 Å². The molecule has 2 heterocycles. The van der Waals surface area contributed by atoms with E-state index in [4.69, 9.17) is 0 Å². The molecule has 0 bridgehead atoms. The van der Waals surface area contributed by atoms with Gasteiger partial charge in [0.15, 0.2) is 0 Å². The summed E-state index contributed by atoms with van der Waals surface area (Å²) in [6, 6.07) is 1.73. The lowest BCUT2D eigenvalue weighted by Gasteiger charge is -2.32. The van der Waals surface area contributed by atoms with Crippen molar-refractivity contribution in [2.24, 2.45) is 17.8 Å². The number of aliphatic hydroxyl groups excluding tert-OH is 1. The van der Waals surface area contributed by atoms with Gasteiger partial charge in [-0.1, -0.05) is 78.3 Å². The number of amides is 8. The van der Waals surface area contributed by atoms with Crippen LogP contribution >= 0.6 is 0 Å². The molecule has 61 heavy (non-hydrogen) atoms. The Kier molecular flexibility index (Phi) is 19.6. The van der Waals surface area contributed by atoms with E-state index in [9.17, 15) is 43.5 Å². The number of nitrogens with zero attached hydrogens (tertiary/aromatic N) is 3. The number of carbonyl (C=O) groups excluding carboxylic acids is 8. The monoisotopic (exact) mass is 855 g/mol. The summed E-state index contributed by atoms with van der Waals surface area (Å²) in [5, 5.41) is 24.1. The third kappa shape index (κ3) is 14.5. The Morgan fingerprint density at radius 2 is 1.20 bits per heavy atom. The maximum atomic E-state index is 14.4. The van der Waals surface area contributed by atoms with Crippen LogP contribution in [0.4, 0.5) is 0 Å².